The van der Waals surface area contributed by atoms with Gasteiger partial charge in [-0.25, -0.2) is 4.98 Å². The molecule has 0 aliphatic heterocycles. The molecule has 77 heavy (non-hydrogen) atoms. The number of benzene rings is 9. The van der Waals surface area contributed by atoms with Crippen molar-refractivity contribution in [2.45, 2.75) is 26.2 Å². The fraction of sp³-hybridized carbons (Fsp3) is 0.0580. The molecular formula is C69H48N6OPt-2. The second-order valence-corrected chi connectivity index (χ2v) is 19.5. The summed E-state index contributed by atoms with van der Waals surface area (Å²) < 4.78 is 104. The molecule has 0 N–H and O–H groups in total. The number of ether oxygens (including phenoxy) is 1. The Balaban J connectivity index is 0.00000700. The van der Waals surface area contributed by atoms with Gasteiger partial charge in [0.15, 0.2) is 0 Å². The fourth-order valence-electron chi connectivity index (χ4n) is 10.4. The van der Waals surface area contributed by atoms with E-state index < -0.39 is 60.4 Å². The van der Waals surface area contributed by atoms with Gasteiger partial charge in [-0.2, -0.15) is 12.1 Å². The second kappa shape index (κ2) is 19.2. The Morgan fingerprint density at radius 2 is 1.16 bits per heavy atom. The third-order valence-electron chi connectivity index (χ3n) is 13.9. The molecule has 5 heterocycles. The maximum absolute atomic E-state index is 9.26. The summed E-state index contributed by atoms with van der Waals surface area (Å²) in [4.78, 5) is 9.61. The molecule has 0 saturated carbocycles. The summed E-state index contributed by atoms with van der Waals surface area (Å²) in [6.45, 7) is 6.53. The molecule has 0 bridgehead atoms. The third-order valence-corrected chi connectivity index (χ3v) is 13.9. The quantitative estimate of drug-likeness (QED) is 0.107. The Kier molecular flexibility index (Phi) is 9.36. The maximum atomic E-state index is 9.26. The zero-order valence-corrected chi connectivity index (χ0v) is 43.9. The van der Waals surface area contributed by atoms with Crippen molar-refractivity contribution in [2.24, 2.45) is 0 Å². The second-order valence-electron chi connectivity index (χ2n) is 19.5. The van der Waals surface area contributed by atoms with Gasteiger partial charge in [0, 0.05) is 72.3 Å². The predicted molar refractivity (Wildman–Crippen MR) is 307 cm³/mol. The summed E-state index contributed by atoms with van der Waals surface area (Å²) in [5, 5.41) is 4.05. The Labute approximate surface area is 474 Å². The number of fused-ring (bicyclic) bond motifs is 7. The number of nitrogens with zero attached hydrogens (tertiary/aromatic N) is 6. The van der Waals surface area contributed by atoms with E-state index in [2.05, 4.69) is 102 Å². The van der Waals surface area contributed by atoms with E-state index in [1.54, 1.807) is 33.5 Å². The van der Waals surface area contributed by atoms with Crippen LogP contribution < -0.4 is 9.30 Å². The van der Waals surface area contributed by atoms with Gasteiger partial charge in [-0.05, 0) is 104 Å². The first kappa shape index (κ1) is 37.5. The summed E-state index contributed by atoms with van der Waals surface area (Å²) in [5.41, 5.74) is 8.03. The van der Waals surface area contributed by atoms with E-state index in [9.17, 15) is 5.48 Å². The number of hydrogen-bond donors (Lipinski definition) is 0. The summed E-state index contributed by atoms with van der Waals surface area (Å²) in [6.07, 6.45) is 7.05. The monoisotopic (exact) mass is 1180 g/mol. The standard InChI is InChI=1S/C69H48N6O.Pt/c1-69(2,3)49-37-39-71-67(41-49)75-61-34-15-12-28-56(61)57-43-65(74-59-32-13-10-26-54(59)55-27-11-14-33-60(55)74)66(44-63(57)75)76-51-25-18-24-50(42-51)72-45-73(64-40-48(35-36-62(64)72)58-31-16-17-38-70-58)68-52(46-20-6-4-7-21-46)29-19-30-53(68)47-22-8-5-9-23-47;/h4-41,43H,1-3H3;/q-2;/i4D,5D,6D,7D,8D,9D,20D,21D,22D,23D;. The van der Waals surface area contributed by atoms with Crippen LogP contribution in [0.1, 0.15) is 40.0 Å². The van der Waals surface area contributed by atoms with Crippen LogP contribution in [-0.4, -0.2) is 23.7 Å². The molecule has 0 aliphatic carbocycles. The van der Waals surface area contributed by atoms with Gasteiger partial charge in [0.2, 0.25) is 0 Å². The van der Waals surface area contributed by atoms with Crippen LogP contribution >= 0.6 is 0 Å². The van der Waals surface area contributed by atoms with E-state index in [-0.39, 0.29) is 54.4 Å². The van der Waals surface area contributed by atoms with E-state index in [1.807, 2.05) is 103 Å². The Hall–Kier alpha value is -9.16. The van der Waals surface area contributed by atoms with Crippen molar-refractivity contribution < 1.29 is 44.1 Å². The van der Waals surface area contributed by atoms with Gasteiger partial charge in [-0.1, -0.05) is 183 Å². The van der Waals surface area contributed by atoms with Crippen molar-refractivity contribution in [1.29, 1.82) is 0 Å². The van der Waals surface area contributed by atoms with Crippen LogP contribution in [0.15, 0.2) is 237 Å². The van der Waals surface area contributed by atoms with Gasteiger partial charge in [0.25, 0.3) is 6.33 Å². The van der Waals surface area contributed by atoms with Crippen molar-refractivity contribution >= 4 is 54.6 Å². The molecule has 14 aromatic rings. The van der Waals surface area contributed by atoms with Crippen LogP contribution in [0, 0.1) is 18.5 Å². The van der Waals surface area contributed by atoms with Crippen LogP contribution in [0.2, 0.25) is 0 Å². The van der Waals surface area contributed by atoms with Gasteiger partial charge in [0.05, 0.1) is 36.1 Å². The minimum absolute atomic E-state index is 0. The van der Waals surface area contributed by atoms with Gasteiger partial charge < -0.3 is 18.4 Å². The van der Waals surface area contributed by atoms with Crippen molar-refractivity contribution in [1.82, 2.24) is 23.7 Å². The Bertz CT molecular complexity index is 4970. The fourth-order valence-corrected chi connectivity index (χ4v) is 10.4. The van der Waals surface area contributed by atoms with Crippen LogP contribution in [0.3, 0.4) is 0 Å². The number of hydrogen-bond acceptors (Lipinski definition) is 3. The topological polar surface area (TPSA) is 53.7 Å². The largest absolute Gasteiger partial charge is 0.508 e. The van der Waals surface area contributed by atoms with Crippen molar-refractivity contribution in [3.05, 3.63) is 261 Å². The summed E-state index contributed by atoms with van der Waals surface area (Å²) in [7, 11) is 0. The predicted octanol–water partition coefficient (Wildman–Crippen LogP) is 16.4. The molecule has 0 saturated heterocycles. The first-order chi connectivity index (χ1) is 41.5. The number of aromatic nitrogens is 6. The minimum atomic E-state index is -0.592. The van der Waals surface area contributed by atoms with Gasteiger partial charge >= 0.3 is 0 Å². The van der Waals surface area contributed by atoms with Gasteiger partial charge in [-0.3, -0.25) is 9.55 Å². The first-order valence-corrected chi connectivity index (χ1v) is 24.8. The third kappa shape index (κ3) is 8.22. The summed E-state index contributed by atoms with van der Waals surface area (Å²) in [6, 6.07) is 54.4. The molecule has 5 aromatic heterocycles. The molecule has 14 rings (SSSR count). The average Bonchev–Trinajstić information content (AvgIpc) is 1.85. The molecule has 0 fully saturated rings. The summed E-state index contributed by atoms with van der Waals surface area (Å²) in [5.74, 6) is 1.42. The van der Waals surface area contributed by atoms with Crippen LogP contribution in [0.5, 0.6) is 11.5 Å². The SMILES string of the molecule is [2H]c1c([2H])c([2H])c(-c2cccc(-c3c([2H])c([2H])c([2H])c([2H])c3[2H])c2-[n+]2[c-]n(-c3[c-]c(Oc4[c-]c5c(cc4-n4c6ccccc6c6ccccc64)c4ccccc4n5-c4cc(C(C)(C)C)ccn4)ccc3)c3ccc(-c4ccccn4)cc32)c([2H])c1[2H].[Pt]. The molecule has 8 heteroatoms. The van der Waals surface area contributed by atoms with Crippen molar-refractivity contribution in [2.75, 3.05) is 0 Å². The van der Waals surface area contributed by atoms with E-state index in [4.69, 9.17) is 17.9 Å². The van der Waals surface area contributed by atoms with E-state index >= 15 is 0 Å². The summed E-state index contributed by atoms with van der Waals surface area (Å²) >= 11 is 0. The Morgan fingerprint density at radius 1 is 0.532 bits per heavy atom. The van der Waals surface area contributed by atoms with Gasteiger partial charge in [-0.15, -0.1) is 24.3 Å². The number of pyridine rings is 2. The molecule has 372 valence electrons. The smallest absolute Gasteiger partial charge is 0.268 e. The molecule has 0 amide bonds. The van der Waals surface area contributed by atoms with Crippen LogP contribution in [-0.2, 0) is 26.5 Å². The normalized spacial score (nSPS) is 13.5. The van der Waals surface area contributed by atoms with E-state index in [0.29, 0.717) is 39.5 Å². The molecular weight excluding hydrogens is 1120 g/mol. The zero-order chi connectivity index (χ0) is 59.6. The van der Waals surface area contributed by atoms with Crippen molar-refractivity contribution in [3.8, 4) is 67.9 Å². The molecule has 7 nitrogen and oxygen atoms in total. The van der Waals surface area contributed by atoms with E-state index in [0.717, 1.165) is 60.7 Å². The van der Waals surface area contributed by atoms with Crippen LogP contribution in [0.25, 0.3) is 111 Å². The van der Waals surface area contributed by atoms with Gasteiger partial charge in [0.1, 0.15) is 5.82 Å². The molecule has 9 aromatic carbocycles. The molecule has 0 aliphatic rings. The Morgan fingerprint density at radius 3 is 1.81 bits per heavy atom. The van der Waals surface area contributed by atoms with E-state index in [1.165, 1.54) is 0 Å². The molecule has 0 unspecified atom stereocenters. The molecule has 0 atom stereocenters. The van der Waals surface area contributed by atoms with Crippen LogP contribution in [0.4, 0.5) is 0 Å². The maximum Gasteiger partial charge on any atom is 0.268 e. The number of rotatable bonds is 9. The molecule has 0 spiro atoms. The first-order valence-electron chi connectivity index (χ1n) is 29.8. The van der Waals surface area contributed by atoms with Crippen molar-refractivity contribution in [3.63, 3.8) is 0 Å². The zero-order valence-electron chi connectivity index (χ0n) is 51.7. The molecule has 0 radical (unpaired) electrons. The number of imidazole rings is 1. The number of para-hydroxylation sites is 4. The average molecular weight is 1180 g/mol. The minimum Gasteiger partial charge on any atom is -0.508 e.